The summed E-state index contributed by atoms with van der Waals surface area (Å²) in [5, 5.41) is 0. The second-order valence-corrected chi connectivity index (χ2v) is 4.34. The molecule has 0 aliphatic carbocycles. The van der Waals surface area contributed by atoms with Gasteiger partial charge in [0.2, 0.25) is 5.89 Å². The third kappa shape index (κ3) is 2.39. The molecule has 2 aromatic rings. The van der Waals surface area contributed by atoms with Gasteiger partial charge in [0.25, 0.3) is 0 Å². The molecule has 0 aliphatic rings. The van der Waals surface area contributed by atoms with Crippen LogP contribution >= 0.6 is 15.9 Å². The minimum Gasteiger partial charge on any atom is -0.464 e. The Kier molecular flexibility index (Phi) is 3.28. The molecule has 0 aliphatic heterocycles. The Morgan fingerprint density at radius 1 is 1.47 bits per heavy atom. The lowest BCUT2D eigenvalue weighted by atomic mass is 10.2. The van der Waals surface area contributed by atoms with Gasteiger partial charge in [0, 0.05) is 10.0 Å². The smallest absolute Gasteiger partial charge is 0.360 e. The minimum absolute atomic E-state index is 0.211. The molecule has 0 radical (unpaired) electrons. The maximum Gasteiger partial charge on any atom is 0.360 e. The zero-order valence-electron chi connectivity index (χ0n) is 9.36. The topological polar surface area (TPSA) is 52.3 Å². The number of halogens is 1. The van der Waals surface area contributed by atoms with Crippen LogP contribution in [0.5, 0.6) is 0 Å². The van der Waals surface area contributed by atoms with E-state index in [-0.39, 0.29) is 5.69 Å². The van der Waals surface area contributed by atoms with Crippen LogP contribution in [0.4, 0.5) is 0 Å². The molecule has 0 bridgehead atoms. The number of methoxy groups -OCH3 is 1. The highest BCUT2D eigenvalue weighted by molar-refractivity contribution is 9.10. The van der Waals surface area contributed by atoms with Gasteiger partial charge in [-0.3, -0.25) is 0 Å². The second-order valence-electron chi connectivity index (χ2n) is 3.43. The normalized spacial score (nSPS) is 10.3. The molecule has 0 amide bonds. The van der Waals surface area contributed by atoms with E-state index in [0.717, 1.165) is 10.0 Å². The number of hydrogen-bond acceptors (Lipinski definition) is 4. The molecule has 5 heteroatoms. The molecule has 1 heterocycles. The van der Waals surface area contributed by atoms with Gasteiger partial charge in [0.05, 0.1) is 7.11 Å². The van der Waals surface area contributed by atoms with E-state index in [2.05, 4.69) is 25.7 Å². The summed E-state index contributed by atoms with van der Waals surface area (Å²) in [6, 6.07) is 7.50. The fourth-order valence-electron chi connectivity index (χ4n) is 1.43. The summed E-state index contributed by atoms with van der Waals surface area (Å²) in [6.07, 6.45) is 0. The number of ether oxygens (including phenoxy) is 1. The molecule has 0 saturated heterocycles. The van der Waals surface area contributed by atoms with E-state index in [4.69, 9.17) is 4.42 Å². The Morgan fingerprint density at radius 2 is 2.24 bits per heavy atom. The van der Waals surface area contributed by atoms with Crippen molar-refractivity contribution in [1.29, 1.82) is 0 Å². The number of aromatic nitrogens is 1. The van der Waals surface area contributed by atoms with Gasteiger partial charge in [0.1, 0.15) is 5.76 Å². The highest BCUT2D eigenvalue weighted by Crippen LogP contribution is 2.24. The van der Waals surface area contributed by atoms with Gasteiger partial charge in [-0.1, -0.05) is 22.0 Å². The number of benzene rings is 1. The predicted octanol–water partition coefficient (Wildman–Crippen LogP) is 3.20. The van der Waals surface area contributed by atoms with E-state index in [1.807, 2.05) is 24.3 Å². The zero-order chi connectivity index (χ0) is 12.4. The van der Waals surface area contributed by atoms with Crippen LogP contribution in [-0.2, 0) is 4.74 Å². The van der Waals surface area contributed by atoms with E-state index in [0.29, 0.717) is 11.7 Å². The average molecular weight is 296 g/mol. The number of nitrogens with zero attached hydrogens (tertiary/aromatic N) is 1. The molecule has 17 heavy (non-hydrogen) atoms. The molecule has 0 unspecified atom stereocenters. The first kappa shape index (κ1) is 11.9. The Hall–Kier alpha value is -1.62. The molecule has 0 N–H and O–H groups in total. The largest absolute Gasteiger partial charge is 0.464 e. The van der Waals surface area contributed by atoms with Gasteiger partial charge >= 0.3 is 5.97 Å². The fraction of sp³-hybridized carbons (Fsp3) is 0.167. The van der Waals surface area contributed by atoms with Crippen molar-refractivity contribution in [2.45, 2.75) is 6.92 Å². The summed E-state index contributed by atoms with van der Waals surface area (Å²) in [7, 11) is 1.31. The van der Waals surface area contributed by atoms with Crippen LogP contribution in [0.1, 0.15) is 16.2 Å². The first-order chi connectivity index (χ1) is 8.11. The second kappa shape index (κ2) is 4.71. The van der Waals surface area contributed by atoms with Crippen LogP contribution in [0.15, 0.2) is 33.2 Å². The molecule has 1 aromatic heterocycles. The molecule has 0 atom stereocenters. The maximum atomic E-state index is 11.4. The lowest BCUT2D eigenvalue weighted by Gasteiger charge is -1.95. The maximum absolute atomic E-state index is 11.4. The highest BCUT2D eigenvalue weighted by atomic mass is 79.9. The summed E-state index contributed by atoms with van der Waals surface area (Å²) in [4.78, 5) is 15.5. The number of oxazole rings is 1. The standard InChI is InChI=1S/C12H10BrNO3/c1-7-10(12(15)16-2)14-11(17-7)8-4-3-5-9(13)6-8/h3-6H,1-2H3. The van der Waals surface area contributed by atoms with E-state index in [9.17, 15) is 4.79 Å². The first-order valence-electron chi connectivity index (χ1n) is 4.93. The number of aryl methyl sites for hydroxylation is 1. The fourth-order valence-corrected chi connectivity index (χ4v) is 1.83. The molecule has 0 fully saturated rings. The molecular weight excluding hydrogens is 286 g/mol. The van der Waals surface area contributed by atoms with Gasteiger partial charge < -0.3 is 9.15 Å². The summed E-state index contributed by atoms with van der Waals surface area (Å²) in [5.74, 6) is 0.364. The first-order valence-corrected chi connectivity index (χ1v) is 5.73. The van der Waals surface area contributed by atoms with Crippen molar-refractivity contribution in [3.63, 3.8) is 0 Å². The molecule has 1 aromatic carbocycles. The third-order valence-electron chi connectivity index (χ3n) is 2.25. The van der Waals surface area contributed by atoms with Crippen molar-refractivity contribution in [1.82, 2.24) is 4.98 Å². The van der Waals surface area contributed by atoms with Crippen LogP contribution in [0.3, 0.4) is 0 Å². The molecule has 88 valence electrons. The van der Waals surface area contributed by atoms with Gasteiger partial charge in [0.15, 0.2) is 5.69 Å². The molecule has 0 spiro atoms. The SMILES string of the molecule is COC(=O)c1nc(-c2cccc(Br)c2)oc1C. The zero-order valence-corrected chi connectivity index (χ0v) is 10.9. The number of carbonyl (C=O) groups is 1. The summed E-state index contributed by atoms with van der Waals surface area (Å²) in [5.41, 5.74) is 1.01. The van der Waals surface area contributed by atoms with Crippen molar-refractivity contribution in [3.05, 3.63) is 40.2 Å². The summed E-state index contributed by atoms with van der Waals surface area (Å²) >= 11 is 3.37. The van der Waals surface area contributed by atoms with Crippen LogP contribution in [0.25, 0.3) is 11.5 Å². The van der Waals surface area contributed by atoms with Crippen LogP contribution < -0.4 is 0 Å². The van der Waals surface area contributed by atoms with E-state index >= 15 is 0 Å². The van der Waals surface area contributed by atoms with Gasteiger partial charge in [-0.15, -0.1) is 0 Å². The van der Waals surface area contributed by atoms with E-state index in [1.54, 1.807) is 6.92 Å². The summed E-state index contributed by atoms with van der Waals surface area (Å²) < 4.78 is 11.0. The summed E-state index contributed by atoms with van der Waals surface area (Å²) in [6.45, 7) is 1.68. The van der Waals surface area contributed by atoms with Crippen molar-refractivity contribution in [3.8, 4) is 11.5 Å². The quantitative estimate of drug-likeness (QED) is 0.799. The van der Waals surface area contributed by atoms with Gasteiger partial charge in [-0.2, -0.15) is 0 Å². The number of hydrogen-bond donors (Lipinski definition) is 0. The molecular formula is C12H10BrNO3. The lowest BCUT2D eigenvalue weighted by molar-refractivity contribution is 0.0593. The monoisotopic (exact) mass is 295 g/mol. The van der Waals surface area contributed by atoms with E-state index in [1.165, 1.54) is 7.11 Å². The molecule has 4 nitrogen and oxygen atoms in total. The number of rotatable bonds is 2. The van der Waals surface area contributed by atoms with Gasteiger partial charge in [-0.25, -0.2) is 9.78 Å². The van der Waals surface area contributed by atoms with Crippen LogP contribution in [0.2, 0.25) is 0 Å². The Labute approximate surface area is 107 Å². The third-order valence-corrected chi connectivity index (χ3v) is 2.74. The predicted molar refractivity (Wildman–Crippen MR) is 65.7 cm³/mol. The van der Waals surface area contributed by atoms with Gasteiger partial charge in [-0.05, 0) is 25.1 Å². The molecule has 2 rings (SSSR count). The van der Waals surface area contributed by atoms with Crippen molar-refractivity contribution in [2.24, 2.45) is 0 Å². The van der Waals surface area contributed by atoms with E-state index < -0.39 is 5.97 Å². The van der Waals surface area contributed by atoms with Crippen LogP contribution in [0, 0.1) is 6.92 Å². The minimum atomic E-state index is -0.493. The lowest BCUT2D eigenvalue weighted by Crippen LogP contribution is -2.03. The van der Waals surface area contributed by atoms with Crippen molar-refractivity contribution in [2.75, 3.05) is 7.11 Å². The molecule has 0 saturated carbocycles. The number of carbonyl (C=O) groups excluding carboxylic acids is 1. The van der Waals surface area contributed by atoms with Crippen LogP contribution in [-0.4, -0.2) is 18.1 Å². The number of esters is 1. The Bertz CT molecular complexity index is 563. The Balaban J connectivity index is 2.44. The average Bonchev–Trinajstić information content (AvgIpc) is 2.70. The van der Waals surface area contributed by atoms with Crippen molar-refractivity contribution >= 4 is 21.9 Å². The highest BCUT2D eigenvalue weighted by Gasteiger charge is 2.18. The Morgan fingerprint density at radius 3 is 2.88 bits per heavy atom. The van der Waals surface area contributed by atoms with Crippen molar-refractivity contribution < 1.29 is 13.9 Å².